The van der Waals surface area contributed by atoms with Crippen molar-refractivity contribution in [2.45, 2.75) is 118 Å². The largest absolute Gasteiger partial charge is 0.481 e. The number of carbonyl (C=O) groups is 2. The zero-order valence-electron chi connectivity index (χ0n) is 18.8. The molecule has 2 N–H and O–H groups in total. The molecule has 0 saturated heterocycles. The highest BCUT2D eigenvalue weighted by atomic mass is 33.1. The van der Waals surface area contributed by atoms with Crippen molar-refractivity contribution in [3.63, 3.8) is 0 Å². The van der Waals surface area contributed by atoms with Crippen LogP contribution < -0.4 is 0 Å². The van der Waals surface area contributed by atoms with Gasteiger partial charge < -0.3 is 10.2 Å². The molecule has 0 spiro atoms. The summed E-state index contributed by atoms with van der Waals surface area (Å²) in [6.45, 7) is 7.77. The summed E-state index contributed by atoms with van der Waals surface area (Å²) >= 11 is 0. The van der Waals surface area contributed by atoms with E-state index in [1.807, 2.05) is 0 Å². The van der Waals surface area contributed by atoms with Gasteiger partial charge in [-0.3, -0.25) is 9.59 Å². The van der Waals surface area contributed by atoms with Crippen molar-refractivity contribution in [1.29, 1.82) is 0 Å². The van der Waals surface area contributed by atoms with Crippen LogP contribution >= 0.6 is 21.6 Å². The van der Waals surface area contributed by atoms with Gasteiger partial charge in [-0.1, -0.05) is 113 Å². The van der Waals surface area contributed by atoms with Crippen LogP contribution in [0.25, 0.3) is 0 Å². The second kappa shape index (κ2) is 31.3. The normalized spacial score (nSPS) is 9.71. The minimum Gasteiger partial charge on any atom is -0.481 e. The first-order chi connectivity index (χ1) is 13.5. The average molecular weight is 439 g/mol. The van der Waals surface area contributed by atoms with E-state index in [-0.39, 0.29) is 12.8 Å². The third-order valence-corrected chi connectivity index (χ3v) is 6.43. The standard InChI is InChI=1S/C16H34S2.2C3H6O2/c1-3-5-7-9-11-13-15-17-18-16-14-12-10-8-6-4-2;2*1-2-3(4)5/h3-16H2,1-2H3;2*2H2,1H3,(H,4,5). The lowest BCUT2D eigenvalue weighted by molar-refractivity contribution is -0.137. The van der Waals surface area contributed by atoms with Gasteiger partial charge in [0.1, 0.15) is 0 Å². The van der Waals surface area contributed by atoms with Gasteiger partial charge in [0, 0.05) is 24.3 Å². The Morgan fingerprint density at radius 2 is 0.786 bits per heavy atom. The second-order valence-corrected chi connectivity index (χ2v) is 9.38. The average Bonchev–Trinajstić information content (AvgIpc) is 2.69. The van der Waals surface area contributed by atoms with E-state index in [0.717, 1.165) is 0 Å². The fourth-order valence-corrected chi connectivity index (χ4v) is 4.29. The van der Waals surface area contributed by atoms with E-state index in [9.17, 15) is 9.59 Å². The van der Waals surface area contributed by atoms with Crippen LogP contribution in [0, 0.1) is 0 Å². The zero-order chi connectivity index (χ0) is 21.9. The molecule has 6 heteroatoms. The van der Waals surface area contributed by atoms with Gasteiger partial charge in [-0.15, -0.1) is 0 Å². The summed E-state index contributed by atoms with van der Waals surface area (Å²) < 4.78 is 0. The fraction of sp³-hybridized carbons (Fsp3) is 0.909. The van der Waals surface area contributed by atoms with Crippen molar-refractivity contribution in [2.75, 3.05) is 11.5 Å². The first kappa shape index (κ1) is 32.3. The van der Waals surface area contributed by atoms with Gasteiger partial charge >= 0.3 is 11.9 Å². The molecule has 0 aliphatic heterocycles. The smallest absolute Gasteiger partial charge is 0.303 e. The molecule has 0 fully saturated rings. The van der Waals surface area contributed by atoms with Gasteiger partial charge in [-0.25, -0.2) is 0 Å². The maximum Gasteiger partial charge on any atom is 0.303 e. The van der Waals surface area contributed by atoms with E-state index < -0.39 is 11.9 Å². The predicted molar refractivity (Wildman–Crippen MR) is 128 cm³/mol. The van der Waals surface area contributed by atoms with Gasteiger partial charge in [0.25, 0.3) is 0 Å². The highest BCUT2D eigenvalue weighted by Gasteiger charge is 1.94. The van der Waals surface area contributed by atoms with Crippen LogP contribution in [0.4, 0.5) is 0 Å². The van der Waals surface area contributed by atoms with Crippen LogP contribution in [0.5, 0.6) is 0 Å². The van der Waals surface area contributed by atoms with E-state index in [4.69, 9.17) is 10.2 Å². The summed E-state index contributed by atoms with van der Waals surface area (Å²) in [5, 5.41) is 15.4. The monoisotopic (exact) mass is 438 g/mol. The molecule has 4 nitrogen and oxygen atoms in total. The number of hydrogen-bond acceptors (Lipinski definition) is 4. The molecule has 0 unspecified atom stereocenters. The van der Waals surface area contributed by atoms with Crippen LogP contribution in [0.3, 0.4) is 0 Å². The van der Waals surface area contributed by atoms with Gasteiger partial charge in [0.05, 0.1) is 0 Å². The van der Waals surface area contributed by atoms with E-state index in [1.165, 1.54) is 88.6 Å². The molecule has 0 aliphatic rings. The van der Waals surface area contributed by atoms with Crippen molar-refractivity contribution in [1.82, 2.24) is 0 Å². The Balaban J connectivity index is -0.000000512. The Hall–Kier alpha value is -0.360. The van der Waals surface area contributed by atoms with Crippen LogP contribution in [-0.4, -0.2) is 33.7 Å². The summed E-state index contributed by atoms with van der Waals surface area (Å²) in [5.74, 6) is 1.24. The van der Waals surface area contributed by atoms with Crippen LogP contribution in [-0.2, 0) is 9.59 Å². The molecule has 0 aromatic carbocycles. The lowest BCUT2D eigenvalue weighted by atomic mass is 10.1. The molecular weight excluding hydrogens is 392 g/mol. The molecule has 0 rings (SSSR count). The summed E-state index contributed by atoms with van der Waals surface area (Å²) in [7, 11) is 4.20. The van der Waals surface area contributed by atoms with Crippen LogP contribution in [0.2, 0.25) is 0 Å². The SMILES string of the molecule is CCC(=O)O.CCC(=O)O.CCCCCCCCSSCCCCCCCC. The molecular formula is C22H46O4S2. The number of unbranched alkanes of at least 4 members (excludes halogenated alkanes) is 10. The first-order valence-electron chi connectivity index (χ1n) is 11.1. The Bertz CT molecular complexity index is 283. The van der Waals surface area contributed by atoms with Crippen molar-refractivity contribution >= 4 is 33.5 Å². The molecule has 0 atom stereocenters. The first-order valence-corrected chi connectivity index (χ1v) is 13.6. The molecule has 0 aromatic heterocycles. The lowest BCUT2D eigenvalue weighted by Gasteiger charge is -2.02. The van der Waals surface area contributed by atoms with E-state index in [0.29, 0.717) is 0 Å². The number of rotatable bonds is 17. The van der Waals surface area contributed by atoms with Crippen molar-refractivity contribution in [3.05, 3.63) is 0 Å². The van der Waals surface area contributed by atoms with E-state index in [1.54, 1.807) is 13.8 Å². The summed E-state index contributed by atoms with van der Waals surface area (Å²) in [5.41, 5.74) is 0. The molecule has 0 amide bonds. The minimum atomic E-state index is -0.745. The van der Waals surface area contributed by atoms with Crippen molar-refractivity contribution in [3.8, 4) is 0 Å². The van der Waals surface area contributed by atoms with E-state index >= 15 is 0 Å². The molecule has 0 bridgehead atoms. The maximum atomic E-state index is 9.37. The Morgan fingerprint density at radius 3 is 1.04 bits per heavy atom. The zero-order valence-corrected chi connectivity index (χ0v) is 20.5. The molecule has 0 aliphatic carbocycles. The van der Waals surface area contributed by atoms with Gasteiger partial charge in [0.15, 0.2) is 0 Å². The van der Waals surface area contributed by atoms with Gasteiger partial charge in [-0.2, -0.15) is 0 Å². The third-order valence-electron chi connectivity index (χ3n) is 3.85. The second-order valence-electron chi connectivity index (χ2n) is 6.67. The number of carboxylic acids is 2. The Kier molecular flexibility index (Phi) is 36.2. The number of aliphatic carboxylic acids is 2. The van der Waals surface area contributed by atoms with Gasteiger partial charge in [0.2, 0.25) is 0 Å². The number of carboxylic acid groups (broad SMARTS) is 2. The highest BCUT2D eigenvalue weighted by molar-refractivity contribution is 8.76. The predicted octanol–water partition coefficient (Wildman–Crippen LogP) is 8.05. The van der Waals surface area contributed by atoms with Crippen LogP contribution in [0.1, 0.15) is 118 Å². The number of hydrogen-bond donors (Lipinski definition) is 2. The highest BCUT2D eigenvalue weighted by Crippen LogP contribution is 2.24. The molecule has 0 heterocycles. The third kappa shape index (κ3) is 44.8. The molecule has 28 heavy (non-hydrogen) atoms. The Labute approximate surface area is 182 Å². The molecule has 0 saturated carbocycles. The molecule has 0 radical (unpaired) electrons. The molecule has 0 aromatic rings. The van der Waals surface area contributed by atoms with Crippen LogP contribution in [0.15, 0.2) is 0 Å². The maximum absolute atomic E-state index is 9.37. The van der Waals surface area contributed by atoms with E-state index in [2.05, 4.69) is 35.4 Å². The summed E-state index contributed by atoms with van der Waals surface area (Å²) in [6.07, 6.45) is 17.6. The quantitative estimate of drug-likeness (QED) is 0.177. The topological polar surface area (TPSA) is 74.6 Å². The summed E-state index contributed by atoms with van der Waals surface area (Å²) in [6, 6.07) is 0. The molecule has 170 valence electrons. The fourth-order valence-electron chi connectivity index (χ4n) is 2.00. The summed E-state index contributed by atoms with van der Waals surface area (Å²) in [4.78, 5) is 18.7. The van der Waals surface area contributed by atoms with Gasteiger partial charge in [-0.05, 0) is 12.8 Å². The Morgan fingerprint density at radius 1 is 0.536 bits per heavy atom. The minimum absolute atomic E-state index is 0.222. The van der Waals surface area contributed by atoms with Crippen molar-refractivity contribution < 1.29 is 19.8 Å². The van der Waals surface area contributed by atoms with Crippen molar-refractivity contribution in [2.24, 2.45) is 0 Å². The lowest BCUT2D eigenvalue weighted by Crippen LogP contribution is -1.86.